The van der Waals surface area contributed by atoms with Gasteiger partial charge in [0, 0.05) is 29.9 Å². The first-order valence-corrected chi connectivity index (χ1v) is 4.68. The molecule has 0 fully saturated rings. The van der Waals surface area contributed by atoms with Gasteiger partial charge in [-0.25, -0.2) is 0 Å². The molecule has 0 aromatic heterocycles. The van der Waals surface area contributed by atoms with Gasteiger partial charge >= 0.3 is 11.9 Å². The van der Waals surface area contributed by atoms with Crippen molar-refractivity contribution in [3.63, 3.8) is 0 Å². The summed E-state index contributed by atoms with van der Waals surface area (Å²) >= 11 is 0. The molecule has 0 atom stereocenters. The van der Waals surface area contributed by atoms with Gasteiger partial charge in [0.15, 0.2) is 0 Å². The van der Waals surface area contributed by atoms with Crippen molar-refractivity contribution in [2.45, 2.75) is 39.5 Å². The van der Waals surface area contributed by atoms with E-state index in [1.165, 1.54) is 13.8 Å². The Kier molecular flexibility index (Phi) is 16.0. The molecule has 0 saturated carbocycles. The number of aliphatic carboxylic acids is 2. The Morgan fingerprint density at radius 1 is 0.706 bits per heavy atom. The Morgan fingerprint density at radius 2 is 0.941 bits per heavy atom. The summed E-state index contributed by atoms with van der Waals surface area (Å²) in [7, 11) is 0. The van der Waals surface area contributed by atoms with Crippen LogP contribution in [0.25, 0.3) is 0 Å². The van der Waals surface area contributed by atoms with Gasteiger partial charge in [0.05, 0.1) is 12.8 Å². The summed E-state index contributed by atoms with van der Waals surface area (Å²) in [6.07, 6.45) is 0.204. The summed E-state index contributed by atoms with van der Waals surface area (Å²) in [5.41, 5.74) is 0. The summed E-state index contributed by atoms with van der Waals surface area (Å²) in [5.74, 6) is -1.99. The van der Waals surface area contributed by atoms with E-state index < -0.39 is 11.9 Å². The molecule has 0 aliphatic rings. The average Bonchev–Trinajstić information content (AvgIpc) is 2.12. The van der Waals surface area contributed by atoms with E-state index in [4.69, 9.17) is 10.2 Å². The Bertz CT molecular complexity index is 218. The summed E-state index contributed by atoms with van der Waals surface area (Å²) in [4.78, 5) is 39.7. The number of Topliss-reactive ketones (excluding diaryl/α,β-unsaturated/α-hetero) is 2. The molecule has 17 heavy (non-hydrogen) atoms. The van der Waals surface area contributed by atoms with E-state index in [1.54, 1.807) is 0 Å². The molecule has 103 valence electrons. The minimum absolute atomic E-state index is 0. The second-order valence-electron chi connectivity index (χ2n) is 3.19. The topological polar surface area (TPSA) is 109 Å². The van der Waals surface area contributed by atoms with Crippen molar-refractivity contribution in [1.82, 2.24) is 0 Å². The largest absolute Gasteiger partial charge is 0.481 e. The van der Waals surface area contributed by atoms with Gasteiger partial charge in [-0.2, -0.15) is 0 Å². The molecule has 0 spiro atoms. The van der Waals surface area contributed by atoms with Crippen molar-refractivity contribution >= 4 is 23.5 Å². The van der Waals surface area contributed by atoms with Crippen molar-refractivity contribution < 1.29 is 46.5 Å². The SMILES string of the molecule is CC(=O)CCC(=O)O.CC(=O)CCC(=O)O.[Cu]. The van der Waals surface area contributed by atoms with Crippen LogP contribution in [0.1, 0.15) is 39.5 Å². The van der Waals surface area contributed by atoms with Crippen molar-refractivity contribution in [2.75, 3.05) is 0 Å². The minimum atomic E-state index is -0.916. The van der Waals surface area contributed by atoms with Crippen LogP contribution in [0.5, 0.6) is 0 Å². The van der Waals surface area contributed by atoms with Crippen LogP contribution in [0.2, 0.25) is 0 Å². The maximum absolute atomic E-state index is 10.1. The molecule has 0 amide bonds. The summed E-state index contributed by atoms with van der Waals surface area (Å²) in [5, 5.41) is 16.0. The van der Waals surface area contributed by atoms with Gasteiger partial charge in [0.25, 0.3) is 0 Å². The minimum Gasteiger partial charge on any atom is -0.481 e. The molecule has 0 aromatic carbocycles. The molecule has 0 aliphatic heterocycles. The third-order valence-corrected chi connectivity index (χ3v) is 1.38. The first-order valence-electron chi connectivity index (χ1n) is 4.68. The molecule has 0 bridgehead atoms. The molecule has 0 heterocycles. The molecule has 6 nitrogen and oxygen atoms in total. The monoisotopic (exact) mass is 295 g/mol. The van der Waals surface area contributed by atoms with Crippen LogP contribution >= 0.6 is 0 Å². The van der Waals surface area contributed by atoms with Crippen molar-refractivity contribution in [3.05, 3.63) is 0 Å². The van der Waals surface area contributed by atoms with Gasteiger partial charge in [0.2, 0.25) is 0 Å². The molecule has 0 aromatic rings. The van der Waals surface area contributed by atoms with Crippen LogP contribution in [-0.2, 0) is 36.2 Å². The Labute approximate surface area is 110 Å². The molecule has 2 N–H and O–H groups in total. The van der Waals surface area contributed by atoms with Crippen LogP contribution in [0, 0.1) is 0 Å². The van der Waals surface area contributed by atoms with Gasteiger partial charge in [-0.05, 0) is 13.8 Å². The number of carboxylic acids is 2. The summed E-state index contributed by atoms with van der Waals surface area (Å²) < 4.78 is 0. The van der Waals surface area contributed by atoms with Gasteiger partial charge in [-0.3, -0.25) is 9.59 Å². The number of ketones is 2. The van der Waals surface area contributed by atoms with Crippen LogP contribution in [0.4, 0.5) is 0 Å². The third kappa shape index (κ3) is 31.3. The predicted molar refractivity (Wildman–Crippen MR) is 55.1 cm³/mol. The van der Waals surface area contributed by atoms with Gasteiger partial charge in [-0.15, -0.1) is 0 Å². The predicted octanol–water partition coefficient (Wildman–Crippen LogP) is 0.878. The fourth-order valence-electron chi connectivity index (χ4n) is 0.566. The Balaban J connectivity index is -0.000000218. The quantitative estimate of drug-likeness (QED) is 0.704. The van der Waals surface area contributed by atoms with Crippen molar-refractivity contribution in [1.29, 1.82) is 0 Å². The number of carboxylic acid groups (broad SMARTS) is 2. The van der Waals surface area contributed by atoms with E-state index >= 15 is 0 Å². The van der Waals surface area contributed by atoms with Gasteiger partial charge in [0.1, 0.15) is 11.6 Å². The molecular formula is C10H16CuO6. The van der Waals surface area contributed by atoms with E-state index in [-0.39, 0.29) is 54.3 Å². The van der Waals surface area contributed by atoms with Crippen LogP contribution in [-0.4, -0.2) is 33.7 Å². The zero-order valence-electron chi connectivity index (χ0n) is 9.66. The second-order valence-corrected chi connectivity index (χ2v) is 3.19. The fourth-order valence-corrected chi connectivity index (χ4v) is 0.566. The van der Waals surface area contributed by atoms with Crippen LogP contribution in [0.3, 0.4) is 0 Å². The fraction of sp³-hybridized carbons (Fsp3) is 0.600. The van der Waals surface area contributed by atoms with Crippen LogP contribution < -0.4 is 0 Å². The van der Waals surface area contributed by atoms with E-state index in [2.05, 4.69) is 0 Å². The zero-order chi connectivity index (χ0) is 13.1. The maximum atomic E-state index is 10.1. The normalized spacial score (nSPS) is 8.12. The average molecular weight is 296 g/mol. The number of hydrogen-bond donors (Lipinski definition) is 2. The summed E-state index contributed by atoms with van der Waals surface area (Å²) in [6, 6.07) is 0. The number of rotatable bonds is 6. The van der Waals surface area contributed by atoms with Gasteiger partial charge < -0.3 is 19.8 Å². The van der Waals surface area contributed by atoms with E-state index in [0.717, 1.165) is 0 Å². The Hall–Kier alpha value is -1.20. The smallest absolute Gasteiger partial charge is 0.303 e. The maximum Gasteiger partial charge on any atom is 0.303 e. The molecule has 0 saturated heterocycles. The van der Waals surface area contributed by atoms with E-state index in [0.29, 0.717) is 0 Å². The second kappa shape index (κ2) is 12.9. The van der Waals surface area contributed by atoms with E-state index in [1.807, 2.05) is 0 Å². The van der Waals surface area contributed by atoms with Crippen LogP contribution in [0.15, 0.2) is 0 Å². The van der Waals surface area contributed by atoms with Crippen molar-refractivity contribution in [3.8, 4) is 0 Å². The molecule has 0 rings (SSSR count). The molecule has 0 unspecified atom stereocenters. The van der Waals surface area contributed by atoms with E-state index in [9.17, 15) is 19.2 Å². The molecule has 7 heteroatoms. The standard InChI is InChI=1S/2C5H8O3.Cu/c2*1-4(6)2-3-5(7)8;/h2*2-3H2,1H3,(H,7,8);. The summed E-state index contributed by atoms with van der Waals surface area (Å²) in [6.45, 7) is 2.76. The number of hydrogen-bond acceptors (Lipinski definition) is 4. The molecular weight excluding hydrogens is 280 g/mol. The third-order valence-electron chi connectivity index (χ3n) is 1.38. The number of carbonyl (C=O) groups is 4. The van der Waals surface area contributed by atoms with Gasteiger partial charge in [-0.1, -0.05) is 0 Å². The Morgan fingerprint density at radius 3 is 1.00 bits per heavy atom. The number of carbonyl (C=O) groups excluding carboxylic acids is 2. The molecule has 0 aliphatic carbocycles. The first-order chi connectivity index (χ1) is 7.25. The van der Waals surface area contributed by atoms with Crippen molar-refractivity contribution in [2.24, 2.45) is 0 Å². The zero-order valence-corrected chi connectivity index (χ0v) is 10.6. The first kappa shape index (κ1) is 21.1. The molecule has 1 radical (unpaired) electrons.